The molecule has 48 heavy (non-hydrogen) atoms. The van der Waals surface area contributed by atoms with Crippen LogP contribution in [0, 0.1) is 0 Å². The molecule has 10 heteroatoms. The molecule has 0 saturated heterocycles. The average molecular weight is 683 g/mol. The first kappa shape index (κ1) is 36.3. The third-order valence-electron chi connectivity index (χ3n) is 7.39. The number of benzene rings is 4. The van der Waals surface area contributed by atoms with Gasteiger partial charge in [-0.3, -0.25) is 19.2 Å². The summed E-state index contributed by atoms with van der Waals surface area (Å²) in [6.45, 7) is 4.35. The summed E-state index contributed by atoms with van der Waals surface area (Å²) in [6.07, 6.45) is 0. The number of hydrogen-bond acceptors (Lipinski definition) is 6. The maximum absolute atomic E-state index is 14.0. The zero-order chi connectivity index (χ0) is 34.1. The van der Waals surface area contributed by atoms with Crippen LogP contribution in [0.4, 0.5) is 0 Å². The minimum atomic E-state index is -0.782. The van der Waals surface area contributed by atoms with Crippen molar-refractivity contribution in [1.82, 2.24) is 20.4 Å². The first-order chi connectivity index (χ1) is 23.3. The molecule has 0 saturated carbocycles. The van der Waals surface area contributed by atoms with E-state index in [1.165, 1.54) is 35.4 Å². The van der Waals surface area contributed by atoms with Crippen LogP contribution in [0.25, 0.3) is 0 Å². The lowest BCUT2D eigenvalue weighted by Crippen LogP contribution is -2.49. The zero-order valence-electron chi connectivity index (χ0n) is 27.3. The second-order valence-electron chi connectivity index (χ2n) is 11.4. The second kappa shape index (κ2) is 19.3. The SMILES string of the molecule is CC(=O)NC(CSSC[C@H](NC(C)=O)C(=O)N(Cc1ccccc1)Cc1ccccc1)C(=O)N(Cc1ccccc1)Cc1ccccc1. The van der Waals surface area contributed by atoms with Gasteiger partial charge < -0.3 is 20.4 Å². The van der Waals surface area contributed by atoms with Gasteiger partial charge in [0.2, 0.25) is 23.6 Å². The van der Waals surface area contributed by atoms with Gasteiger partial charge in [-0.2, -0.15) is 0 Å². The summed E-state index contributed by atoms with van der Waals surface area (Å²) in [6, 6.07) is 37.4. The van der Waals surface area contributed by atoms with E-state index >= 15 is 0 Å². The van der Waals surface area contributed by atoms with Gasteiger partial charge in [0.05, 0.1) is 0 Å². The highest BCUT2D eigenvalue weighted by atomic mass is 33.1. The van der Waals surface area contributed by atoms with Crippen molar-refractivity contribution in [3.8, 4) is 0 Å². The largest absolute Gasteiger partial charge is 0.344 e. The summed E-state index contributed by atoms with van der Waals surface area (Å²) in [5.74, 6) is -0.442. The van der Waals surface area contributed by atoms with Gasteiger partial charge >= 0.3 is 0 Å². The van der Waals surface area contributed by atoms with Crippen molar-refractivity contribution in [2.75, 3.05) is 11.5 Å². The molecule has 2 N–H and O–H groups in total. The molecule has 0 fully saturated rings. The van der Waals surface area contributed by atoms with Crippen LogP contribution in [0.15, 0.2) is 121 Å². The van der Waals surface area contributed by atoms with Gasteiger partial charge in [0.1, 0.15) is 12.1 Å². The molecule has 0 aromatic heterocycles. The summed E-state index contributed by atoms with van der Waals surface area (Å²) in [7, 11) is 2.77. The normalized spacial score (nSPS) is 12.0. The van der Waals surface area contributed by atoms with Crippen LogP contribution in [-0.2, 0) is 45.4 Å². The molecule has 0 bridgehead atoms. The predicted molar refractivity (Wildman–Crippen MR) is 194 cm³/mol. The van der Waals surface area contributed by atoms with Gasteiger partial charge in [-0.25, -0.2) is 0 Å². The van der Waals surface area contributed by atoms with Crippen molar-refractivity contribution < 1.29 is 19.2 Å². The minimum absolute atomic E-state index is 0.197. The number of carbonyl (C=O) groups is 4. The lowest BCUT2D eigenvalue weighted by atomic mass is 10.1. The number of nitrogens with zero attached hydrogens (tertiary/aromatic N) is 2. The van der Waals surface area contributed by atoms with Crippen molar-refractivity contribution in [3.63, 3.8) is 0 Å². The van der Waals surface area contributed by atoms with Crippen LogP contribution in [0.5, 0.6) is 0 Å². The third kappa shape index (κ3) is 12.2. The van der Waals surface area contributed by atoms with E-state index in [2.05, 4.69) is 10.6 Å². The molecule has 4 aromatic rings. The molecular formula is C38H42N4O4S2. The maximum Gasteiger partial charge on any atom is 0.246 e. The monoisotopic (exact) mass is 682 g/mol. The number of hydrogen-bond donors (Lipinski definition) is 2. The summed E-state index contributed by atoms with van der Waals surface area (Å²) in [4.78, 5) is 55.9. The Morgan fingerprint density at radius 2 is 0.729 bits per heavy atom. The van der Waals surface area contributed by atoms with Gasteiger partial charge in [0.15, 0.2) is 0 Å². The number of carbonyl (C=O) groups excluding carboxylic acids is 4. The summed E-state index contributed by atoms with van der Waals surface area (Å²) in [5, 5.41) is 5.68. The predicted octanol–water partition coefficient (Wildman–Crippen LogP) is 5.84. The van der Waals surface area contributed by atoms with E-state index in [9.17, 15) is 19.2 Å². The zero-order valence-corrected chi connectivity index (χ0v) is 28.9. The van der Waals surface area contributed by atoms with E-state index in [-0.39, 0.29) is 35.1 Å². The Bertz CT molecular complexity index is 1390. The van der Waals surface area contributed by atoms with Crippen LogP contribution in [-0.4, -0.2) is 57.0 Å². The second-order valence-corrected chi connectivity index (χ2v) is 14.0. The molecule has 0 aliphatic rings. The average Bonchev–Trinajstić information content (AvgIpc) is 3.09. The van der Waals surface area contributed by atoms with Crippen molar-refractivity contribution in [2.45, 2.75) is 52.1 Å². The molecule has 0 aliphatic carbocycles. The maximum atomic E-state index is 14.0. The molecule has 0 heterocycles. The van der Waals surface area contributed by atoms with E-state index in [1.54, 1.807) is 9.80 Å². The van der Waals surface area contributed by atoms with E-state index in [1.807, 2.05) is 121 Å². The van der Waals surface area contributed by atoms with Crippen molar-refractivity contribution in [1.29, 1.82) is 0 Å². The van der Waals surface area contributed by atoms with E-state index in [4.69, 9.17) is 0 Å². The Labute approximate surface area is 291 Å². The lowest BCUT2D eigenvalue weighted by molar-refractivity contribution is -0.136. The Morgan fingerprint density at radius 3 is 0.958 bits per heavy atom. The molecule has 0 radical (unpaired) electrons. The third-order valence-corrected chi connectivity index (χ3v) is 9.81. The smallest absolute Gasteiger partial charge is 0.246 e. The fourth-order valence-electron chi connectivity index (χ4n) is 5.15. The number of rotatable bonds is 17. The van der Waals surface area contributed by atoms with E-state index in [0.29, 0.717) is 26.2 Å². The Morgan fingerprint density at radius 1 is 0.479 bits per heavy atom. The Hall–Kier alpha value is -4.54. The van der Waals surface area contributed by atoms with Crippen LogP contribution >= 0.6 is 21.6 Å². The molecule has 4 amide bonds. The molecule has 8 nitrogen and oxygen atoms in total. The highest BCUT2D eigenvalue weighted by molar-refractivity contribution is 8.76. The van der Waals surface area contributed by atoms with Crippen LogP contribution in [0.3, 0.4) is 0 Å². The molecule has 4 rings (SSSR count). The van der Waals surface area contributed by atoms with E-state index < -0.39 is 12.1 Å². The number of nitrogens with one attached hydrogen (secondary N) is 2. The van der Waals surface area contributed by atoms with Crippen LogP contribution < -0.4 is 10.6 Å². The molecule has 4 aromatic carbocycles. The van der Waals surface area contributed by atoms with Gasteiger partial charge in [-0.1, -0.05) is 143 Å². The molecule has 1 unspecified atom stereocenters. The quantitative estimate of drug-likeness (QED) is 0.107. The Kier molecular flexibility index (Phi) is 14.6. The lowest BCUT2D eigenvalue weighted by Gasteiger charge is -2.29. The minimum Gasteiger partial charge on any atom is -0.344 e. The van der Waals surface area contributed by atoms with Crippen molar-refractivity contribution in [2.24, 2.45) is 0 Å². The summed E-state index contributed by atoms with van der Waals surface area (Å²) >= 11 is 0. The molecular weight excluding hydrogens is 641 g/mol. The molecule has 0 aliphatic heterocycles. The van der Waals surface area contributed by atoms with E-state index in [0.717, 1.165) is 22.3 Å². The van der Waals surface area contributed by atoms with Crippen LogP contribution in [0.1, 0.15) is 36.1 Å². The topological polar surface area (TPSA) is 98.8 Å². The Balaban J connectivity index is 1.45. The van der Waals surface area contributed by atoms with Gasteiger partial charge in [0, 0.05) is 51.5 Å². The van der Waals surface area contributed by atoms with Gasteiger partial charge in [-0.15, -0.1) is 0 Å². The highest BCUT2D eigenvalue weighted by Gasteiger charge is 2.28. The fraction of sp³-hybridized carbons (Fsp3) is 0.263. The molecule has 0 spiro atoms. The van der Waals surface area contributed by atoms with Crippen LogP contribution in [0.2, 0.25) is 0 Å². The fourth-order valence-corrected chi connectivity index (χ4v) is 7.46. The standard InChI is InChI=1S/C38H42N4O4S2/c1-29(43)39-35(37(45)41(23-31-15-7-3-8-16-31)24-32-17-9-4-10-18-32)27-47-48-28-36(40-30(2)44)38(46)42(25-33-19-11-5-12-20-33)26-34-21-13-6-14-22-34/h3-22,35-36H,23-28H2,1-2H3,(H,39,43)(H,40,44)/t35-,36?/m0/s1. The first-order valence-corrected chi connectivity index (χ1v) is 18.3. The molecule has 250 valence electrons. The summed E-state index contributed by atoms with van der Waals surface area (Å²) < 4.78 is 0. The number of amides is 4. The highest BCUT2D eigenvalue weighted by Crippen LogP contribution is 2.25. The van der Waals surface area contributed by atoms with Crippen molar-refractivity contribution in [3.05, 3.63) is 144 Å². The van der Waals surface area contributed by atoms with Crippen molar-refractivity contribution >= 4 is 45.2 Å². The van der Waals surface area contributed by atoms with Gasteiger partial charge in [-0.05, 0) is 22.3 Å². The van der Waals surface area contributed by atoms with Gasteiger partial charge in [0.25, 0.3) is 0 Å². The first-order valence-electron chi connectivity index (χ1n) is 15.8. The molecule has 2 atom stereocenters. The summed E-state index contributed by atoms with van der Waals surface area (Å²) in [5.41, 5.74) is 3.94.